The van der Waals surface area contributed by atoms with Crippen LogP contribution in [0.3, 0.4) is 0 Å². The summed E-state index contributed by atoms with van der Waals surface area (Å²) in [5.41, 5.74) is 2.58. The third-order valence-electron chi connectivity index (χ3n) is 6.22. The molecule has 0 aliphatic heterocycles. The van der Waals surface area contributed by atoms with E-state index >= 15 is 0 Å². The van der Waals surface area contributed by atoms with Crippen molar-refractivity contribution in [2.24, 2.45) is 14.1 Å². The van der Waals surface area contributed by atoms with Crippen LogP contribution in [0, 0.1) is 13.8 Å². The van der Waals surface area contributed by atoms with Crippen LogP contribution in [-0.4, -0.2) is 35.9 Å². The van der Waals surface area contributed by atoms with Gasteiger partial charge in [-0.25, -0.2) is 9.78 Å². The molecule has 0 fully saturated rings. The molecule has 1 aromatic carbocycles. The first-order valence-electron chi connectivity index (χ1n) is 12.0. The van der Waals surface area contributed by atoms with Crippen LogP contribution in [0.5, 0.6) is 0 Å². The lowest BCUT2D eigenvalue weighted by Crippen LogP contribution is -2.21. The highest BCUT2D eigenvalue weighted by Gasteiger charge is 2.34. The van der Waals surface area contributed by atoms with Gasteiger partial charge in [-0.3, -0.25) is 18.8 Å². The summed E-state index contributed by atoms with van der Waals surface area (Å²) in [6.45, 7) is 0.782. The molecule has 11 heteroatoms. The molecule has 180 valence electrons. The van der Waals surface area contributed by atoms with Crippen molar-refractivity contribution in [2.75, 3.05) is 12.3 Å². The first kappa shape index (κ1) is 19.2. The molecule has 0 saturated carbocycles. The summed E-state index contributed by atoms with van der Waals surface area (Å²) in [7, 11) is 3.39. The third kappa shape index (κ3) is 3.37. The molecule has 0 amide bonds. The van der Waals surface area contributed by atoms with Gasteiger partial charge in [0.2, 0.25) is 0 Å². The molecular formula is C24H22F3N7O. The molecule has 0 aliphatic carbocycles. The van der Waals surface area contributed by atoms with E-state index in [4.69, 9.17) is 4.11 Å². The van der Waals surface area contributed by atoms with Gasteiger partial charge in [-0.15, -0.1) is 0 Å². The number of imidazole rings is 1. The molecule has 5 aromatic rings. The lowest BCUT2D eigenvalue weighted by atomic mass is 10.0. The van der Waals surface area contributed by atoms with Gasteiger partial charge in [0.15, 0.2) is 0 Å². The number of rotatable bonds is 3. The van der Waals surface area contributed by atoms with E-state index in [1.54, 1.807) is 54.7 Å². The van der Waals surface area contributed by atoms with E-state index in [-0.39, 0.29) is 11.3 Å². The maximum absolute atomic E-state index is 13.8. The number of pyridine rings is 2. The average Bonchev–Trinajstić information content (AvgIpc) is 3.22. The third-order valence-corrected chi connectivity index (χ3v) is 6.22. The smallest absolute Gasteiger partial charge is 0.373 e. The molecule has 0 bridgehead atoms. The molecule has 0 radical (unpaired) electrons. The molecule has 8 nitrogen and oxygen atoms in total. The largest absolute Gasteiger partial charge is 0.419 e. The second-order valence-corrected chi connectivity index (χ2v) is 8.29. The van der Waals surface area contributed by atoms with Crippen molar-refractivity contribution in [1.82, 2.24) is 28.9 Å². The number of anilines is 1. The number of hydrogen-bond donors (Lipinski definition) is 1. The number of benzene rings is 1. The summed E-state index contributed by atoms with van der Waals surface area (Å²) in [4.78, 5) is 21.6. The Bertz CT molecular complexity index is 1800. The number of alkyl halides is 3. The minimum absolute atomic E-state index is 0.117. The SMILES string of the molecule is [2H]C([2H])([2H])Nc1ncc(-c2ccc3ncc4c(c3c2)n(-c2c(C)nn(C)c2C)c(=O)n4C)cc1C(F)(F)F. The standard InChI is InChI=1S/C24H22F3N7O/c1-12-20(13(2)33(5)31-12)34-21-16-8-14(6-7-18(16)29-11-19(21)32(4)23(34)35)15-9-17(24(25,26)27)22(28-3)30-10-15/h6-11H,1-5H3,(H,28,30)/i3D3. The zero-order valence-corrected chi connectivity index (χ0v) is 19.2. The molecule has 4 heterocycles. The van der Waals surface area contributed by atoms with Gasteiger partial charge in [0.05, 0.1) is 45.4 Å². The highest BCUT2D eigenvalue weighted by molar-refractivity contribution is 6.04. The monoisotopic (exact) mass is 484 g/mol. The van der Waals surface area contributed by atoms with Crippen LogP contribution < -0.4 is 11.0 Å². The Labute approximate surface area is 201 Å². The van der Waals surface area contributed by atoms with Crippen LogP contribution in [0.4, 0.5) is 19.0 Å². The number of hydrogen-bond acceptors (Lipinski definition) is 5. The highest BCUT2D eigenvalue weighted by Crippen LogP contribution is 2.37. The molecule has 1 N–H and O–H groups in total. The Hall–Kier alpha value is -4.15. The van der Waals surface area contributed by atoms with Gasteiger partial charge in [0.1, 0.15) is 5.82 Å². The maximum Gasteiger partial charge on any atom is 0.419 e. The summed E-state index contributed by atoms with van der Waals surface area (Å²) in [5.74, 6) is -0.787. The molecule has 0 atom stereocenters. The van der Waals surface area contributed by atoms with Gasteiger partial charge >= 0.3 is 11.9 Å². The fourth-order valence-electron chi connectivity index (χ4n) is 4.41. The Balaban J connectivity index is 1.79. The molecule has 0 aliphatic rings. The van der Waals surface area contributed by atoms with E-state index in [1.807, 2.05) is 12.2 Å². The van der Waals surface area contributed by atoms with Crippen LogP contribution in [0.15, 0.2) is 41.5 Å². The zero-order chi connectivity index (χ0) is 27.7. The number of halogens is 3. The fourth-order valence-corrected chi connectivity index (χ4v) is 4.41. The molecule has 4 aromatic heterocycles. The van der Waals surface area contributed by atoms with Crippen molar-refractivity contribution in [2.45, 2.75) is 20.0 Å². The Kier molecular flexibility index (Phi) is 4.21. The van der Waals surface area contributed by atoms with E-state index in [9.17, 15) is 18.0 Å². The van der Waals surface area contributed by atoms with Crippen LogP contribution in [0.25, 0.3) is 38.8 Å². The van der Waals surface area contributed by atoms with Crippen LogP contribution in [0.1, 0.15) is 21.1 Å². The number of fused-ring (bicyclic) bond motifs is 3. The zero-order valence-electron chi connectivity index (χ0n) is 22.2. The summed E-state index contributed by atoms with van der Waals surface area (Å²) < 4.78 is 68.0. The second kappa shape index (κ2) is 7.69. The van der Waals surface area contributed by atoms with Crippen molar-refractivity contribution < 1.29 is 17.3 Å². The molecule has 5 rings (SSSR count). The number of nitrogens with one attached hydrogen (secondary N) is 1. The topological polar surface area (TPSA) is 82.6 Å². The predicted octanol–water partition coefficient (Wildman–Crippen LogP) is 4.35. The summed E-state index contributed by atoms with van der Waals surface area (Å²) >= 11 is 0. The first-order chi connectivity index (χ1) is 17.7. The molecule has 35 heavy (non-hydrogen) atoms. The lowest BCUT2D eigenvalue weighted by molar-refractivity contribution is -0.137. The minimum Gasteiger partial charge on any atom is -0.373 e. The van der Waals surface area contributed by atoms with Crippen molar-refractivity contribution >= 4 is 27.8 Å². The van der Waals surface area contributed by atoms with E-state index in [0.29, 0.717) is 38.9 Å². The van der Waals surface area contributed by atoms with Crippen molar-refractivity contribution in [3.8, 4) is 16.8 Å². The van der Waals surface area contributed by atoms with E-state index < -0.39 is 24.5 Å². The van der Waals surface area contributed by atoms with Crippen LogP contribution in [-0.2, 0) is 20.3 Å². The van der Waals surface area contributed by atoms with Crippen LogP contribution in [0.2, 0.25) is 0 Å². The predicted molar refractivity (Wildman–Crippen MR) is 128 cm³/mol. The molecule has 0 saturated heterocycles. The van der Waals surface area contributed by atoms with E-state index in [0.717, 1.165) is 11.8 Å². The molecule has 0 unspecified atom stereocenters. The minimum atomic E-state index is -4.85. The van der Waals surface area contributed by atoms with Crippen molar-refractivity contribution in [3.05, 3.63) is 64.1 Å². The van der Waals surface area contributed by atoms with Gasteiger partial charge in [-0.2, -0.15) is 18.3 Å². The normalized spacial score (nSPS) is 13.7. The van der Waals surface area contributed by atoms with Gasteiger partial charge < -0.3 is 5.32 Å². The Morgan fingerprint density at radius 2 is 1.83 bits per heavy atom. The number of nitrogens with zero attached hydrogens (tertiary/aromatic N) is 6. The number of aryl methyl sites for hydroxylation is 3. The summed E-state index contributed by atoms with van der Waals surface area (Å²) in [6, 6.07) is 5.75. The molecular weight excluding hydrogens is 459 g/mol. The maximum atomic E-state index is 13.8. The van der Waals surface area contributed by atoms with Crippen molar-refractivity contribution in [3.63, 3.8) is 0 Å². The first-order valence-corrected chi connectivity index (χ1v) is 10.5. The summed E-state index contributed by atoms with van der Waals surface area (Å²) in [5, 5.41) is 6.81. The molecule has 0 spiro atoms. The summed E-state index contributed by atoms with van der Waals surface area (Å²) in [6.07, 6.45) is -2.10. The van der Waals surface area contributed by atoms with Gasteiger partial charge in [-0.05, 0) is 37.6 Å². The fraction of sp³-hybridized carbons (Fsp3) is 0.250. The van der Waals surface area contributed by atoms with E-state index in [1.165, 1.54) is 10.8 Å². The second-order valence-electron chi connectivity index (χ2n) is 8.29. The quantitative estimate of drug-likeness (QED) is 0.412. The van der Waals surface area contributed by atoms with Gasteiger partial charge in [0, 0.05) is 42.3 Å². The lowest BCUT2D eigenvalue weighted by Gasteiger charge is -2.14. The van der Waals surface area contributed by atoms with E-state index in [2.05, 4.69) is 15.1 Å². The van der Waals surface area contributed by atoms with Crippen LogP contribution >= 0.6 is 0 Å². The van der Waals surface area contributed by atoms with Gasteiger partial charge in [-0.1, -0.05) is 6.07 Å². The Morgan fingerprint density at radius 1 is 1.06 bits per heavy atom. The average molecular weight is 485 g/mol. The highest BCUT2D eigenvalue weighted by atomic mass is 19.4. The van der Waals surface area contributed by atoms with Gasteiger partial charge in [0.25, 0.3) is 0 Å². The van der Waals surface area contributed by atoms with Crippen molar-refractivity contribution in [1.29, 1.82) is 0 Å². The number of aromatic nitrogens is 6. The Morgan fingerprint density at radius 3 is 2.49 bits per heavy atom.